The third-order valence-electron chi connectivity index (χ3n) is 2.52. The van der Waals surface area contributed by atoms with Crippen molar-refractivity contribution in [3.63, 3.8) is 0 Å². The number of benzene rings is 1. The molecule has 0 aliphatic carbocycles. The quantitative estimate of drug-likeness (QED) is 0.510. The molecule has 8 heteroatoms. The third-order valence-corrected chi connectivity index (χ3v) is 2.52. The van der Waals surface area contributed by atoms with Crippen LogP contribution in [0.15, 0.2) is 41.7 Å². The number of hydrogen-bond donors (Lipinski definition) is 1. The van der Waals surface area contributed by atoms with Crippen LogP contribution in [0.1, 0.15) is 0 Å². The molecular weight excluding hydrogens is 264 g/mol. The first-order valence-corrected chi connectivity index (χ1v) is 5.53. The molecule has 0 radical (unpaired) electrons. The van der Waals surface area contributed by atoms with Crippen molar-refractivity contribution in [3.8, 4) is 5.75 Å². The predicted octanol–water partition coefficient (Wildman–Crippen LogP) is 3.14. The summed E-state index contributed by atoms with van der Waals surface area (Å²) in [5.74, 6) is 0.256. The summed E-state index contributed by atoms with van der Waals surface area (Å²) in [7, 11) is 1.48. The van der Waals surface area contributed by atoms with Crippen molar-refractivity contribution in [1.82, 2.24) is 4.98 Å². The third kappa shape index (κ3) is 2.86. The molecule has 1 aromatic heterocycles. The number of anilines is 2. The number of methoxy groups -OCH3 is 1. The van der Waals surface area contributed by atoms with E-state index in [2.05, 4.69) is 15.5 Å². The minimum atomic E-state index is -0.588. The molecule has 0 bridgehead atoms. The van der Waals surface area contributed by atoms with Gasteiger partial charge in [0.05, 0.1) is 18.5 Å². The summed E-state index contributed by atoms with van der Waals surface area (Å²) >= 11 is 0. The first kappa shape index (κ1) is 13.4. The van der Waals surface area contributed by atoms with E-state index in [9.17, 15) is 15.0 Å². The van der Waals surface area contributed by atoms with E-state index in [-0.39, 0.29) is 11.5 Å². The summed E-state index contributed by atoms with van der Waals surface area (Å²) in [5, 5.41) is 16.3. The highest BCUT2D eigenvalue weighted by Crippen LogP contribution is 2.31. The second-order valence-electron chi connectivity index (χ2n) is 3.76. The maximum Gasteiger partial charge on any atom is 0.363 e. The maximum absolute atomic E-state index is 10.8. The molecule has 1 N–H and O–H groups in total. The van der Waals surface area contributed by atoms with Gasteiger partial charge in [0, 0.05) is 12.1 Å². The molecule has 1 aromatic carbocycles. The van der Waals surface area contributed by atoms with E-state index in [1.807, 2.05) is 0 Å². The lowest BCUT2D eigenvalue weighted by atomic mass is 10.2. The van der Waals surface area contributed by atoms with Crippen LogP contribution in [0.5, 0.6) is 5.75 Å². The molecule has 2 aromatic rings. The number of aromatic nitrogens is 1. The summed E-state index contributed by atoms with van der Waals surface area (Å²) in [6.07, 6.45) is 1.30. The zero-order chi connectivity index (χ0) is 14.5. The number of ether oxygens (including phenoxy) is 1. The Labute approximate surface area is 113 Å². The van der Waals surface area contributed by atoms with Crippen LogP contribution in [0.25, 0.3) is 0 Å². The maximum atomic E-state index is 10.8. The van der Waals surface area contributed by atoms with Gasteiger partial charge in [-0.25, -0.2) is 0 Å². The number of nitro groups is 1. The summed E-state index contributed by atoms with van der Waals surface area (Å²) in [4.78, 5) is 24.4. The zero-order valence-electron chi connectivity index (χ0n) is 10.4. The Morgan fingerprint density at radius 3 is 2.70 bits per heavy atom. The van der Waals surface area contributed by atoms with E-state index in [1.165, 1.54) is 31.5 Å². The van der Waals surface area contributed by atoms with Crippen molar-refractivity contribution >= 4 is 22.9 Å². The van der Waals surface area contributed by atoms with Crippen LogP contribution in [0.4, 0.5) is 22.9 Å². The van der Waals surface area contributed by atoms with Crippen molar-refractivity contribution in [3.05, 3.63) is 51.6 Å². The molecule has 20 heavy (non-hydrogen) atoms. The summed E-state index contributed by atoms with van der Waals surface area (Å²) in [6, 6.07) is 7.52. The van der Waals surface area contributed by atoms with Gasteiger partial charge in [-0.15, -0.1) is 4.91 Å². The number of nitroso groups, excluding NO2 is 1. The highest BCUT2D eigenvalue weighted by atomic mass is 16.6. The van der Waals surface area contributed by atoms with E-state index in [0.717, 1.165) is 0 Å². The molecule has 0 saturated carbocycles. The first-order chi connectivity index (χ1) is 9.63. The number of rotatable bonds is 5. The van der Waals surface area contributed by atoms with Crippen molar-refractivity contribution in [2.24, 2.45) is 5.18 Å². The molecule has 0 amide bonds. The van der Waals surface area contributed by atoms with Crippen LogP contribution in [0, 0.1) is 15.0 Å². The Balaban J connectivity index is 2.25. The van der Waals surface area contributed by atoms with Crippen molar-refractivity contribution < 1.29 is 9.66 Å². The van der Waals surface area contributed by atoms with Crippen LogP contribution in [-0.2, 0) is 0 Å². The molecule has 102 valence electrons. The summed E-state index contributed by atoms with van der Waals surface area (Å²) in [5.41, 5.74) is 1.13. The molecule has 0 fully saturated rings. The van der Waals surface area contributed by atoms with Gasteiger partial charge < -0.3 is 20.2 Å². The van der Waals surface area contributed by atoms with Crippen molar-refractivity contribution in [2.45, 2.75) is 0 Å². The van der Waals surface area contributed by atoms with Gasteiger partial charge in [-0.1, -0.05) is 0 Å². The fourth-order valence-electron chi connectivity index (χ4n) is 1.54. The van der Waals surface area contributed by atoms with E-state index in [1.54, 1.807) is 12.1 Å². The Kier molecular flexibility index (Phi) is 3.85. The van der Waals surface area contributed by atoms with Gasteiger partial charge in [0.25, 0.3) is 0 Å². The number of nitrogens with zero attached hydrogens (tertiary/aromatic N) is 3. The van der Waals surface area contributed by atoms with E-state index in [0.29, 0.717) is 17.1 Å². The highest BCUT2D eigenvalue weighted by molar-refractivity contribution is 5.73. The molecule has 0 saturated heterocycles. The zero-order valence-corrected chi connectivity index (χ0v) is 10.4. The second-order valence-corrected chi connectivity index (χ2v) is 3.76. The van der Waals surface area contributed by atoms with E-state index < -0.39 is 4.92 Å². The normalized spacial score (nSPS) is 9.85. The standard InChI is InChI=1S/C12H10N4O4/c1-20-9-3-4-10(11(6-9)15-17)14-8-2-5-12(13-7-8)16(18)19/h2-7,14H,1H3. The Morgan fingerprint density at radius 2 is 2.15 bits per heavy atom. The van der Waals surface area contributed by atoms with Gasteiger partial charge in [0.1, 0.15) is 11.4 Å². The molecule has 0 aliphatic heterocycles. The van der Waals surface area contributed by atoms with E-state index in [4.69, 9.17) is 4.74 Å². The molecule has 2 rings (SSSR count). The topological polar surface area (TPSA) is 107 Å². The number of hydrogen-bond acceptors (Lipinski definition) is 7. The minimum absolute atomic E-state index is 0.169. The van der Waals surface area contributed by atoms with Crippen molar-refractivity contribution in [1.29, 1.82) is 0 Å². The molecule has 8 nitrogen and oxygen atoms in total. The fourth-order valence-corrected chi connectivity index (χ4v) is 1.54. The van der Waals surface area contributed by atoms with Gasteiger partial charge in [-0.3, -0.25) is 0 Å². The van der Waals surface area contributed by atoms with Gasteiger partial charge >= 0.3 is 5.82 Å². The largest absolute Gasteiger partial charge is 0.497 e. The van der Waals surface area contributed by atoms with E-state index >= 15 is 0 Å². The predicted molar refractivity (Wildman–Crippen MR) is 72.6 cm³/mol. The van der Waals surface area contributed by atoms with Crippen molar-refractivity contribution in [2.75, 3.05) is 12.4 Å². The fraction of sp³-hybridized carbons (Fsp3) is 0.0833. The van der Waals surface area contributed by atoms with Gasteiger partial charge in [-0.05, 0) is 33.3 Å². The average molecular weight is 274 g/mol. The van der Waals surface area contributed by atoms with Crippen LogP contribution in [0.2, 0.25) is 0 Å². The second kappa shape index (κ2) is 5.74. The SMILES string of the molecule is COc1ccc(Nc2ccc([N+](=O)[O-])nc2)c(N=O)c1. The van der Waals surface area contributed by atoms with Crippen LogP contribution < -0.4 is 10.1 Å². The lowest BCUT2D eigenvalue weighted by molar-refractivity contribution is -0.389. The summed E-state index contributed by atoms with van der Waals surface area (Å²) < 4.78 is 4.99. The average Bonchev–Trinajstić information content (AvgIpc) is 2.48. The molecule has 0 atom stereocenters. The molecule has 0 unspecified atom stereocenters. The Bertz CT molecular complexity index is 642. The first-order valence-electron chi connectivity index (χ1n) is 5.53. The molecular formula is C12H10N4O4. The van der Waals surface area contributed by atoms with Crippen LogP contribution >= 0.6 is 0 Å². The van der Waals surface area contributed by atoms with Gasteiger partial charge in [-0.2, -0.15) is 0 Å². The van der Waals surface area contributed by atoms with Gasteiger partial charge in [0.15, 0.2) is 6.20 Å². The van der Waals surface area contributed by atoms with Crippen LogP contribution in [0.3, 0.4) is 0 Å². The highest BCUT2D eigenvalue weighted by Gasteiger charge is 2.09. The molecule has 0 aliphatic rings. The lowest BCUT2D eigenvalue weighted by Crippen LogP contribution is -1.95. The van der Waals surface area contributed by atoms with Gasteiger partial charge in [0.2, 0.25) is 0 Å². The van der Waals surface area contributed by atoms with Crippen LogP contribution in [-0.4, -0.2) is 17.0 Å². The number of nitrogens with one attached hydrogen (secondary N) is 1. The minimum Gasteiger partial charge on any atom is -0.497 e. The summed E-state index contributed by atoms with van der Waals surface area (Å²) in [6.45, 7) is 0. The smallest absolute Gasteiger partial charge is 0.363 e. The lowest BCUT2D eigenvalue weighted by Gasteiger charge is -2.08. The Hall–Kier alpha value is -3.03. The monoisotopic (exact) mass is 274 g/mol. The molecule has 0 spiro atoms. The molecule has 1 heterocycles. The number of pyridine rings is 1. The Morgan fingerprint density at radius 1 is 1.35 bits per heavy atom.